The number of rotatable bonds is 4. The summed E-state index contributed by atoms with van der Waals surface area (Å²) in [5, 5.41) is 16.4. The van der Waals surface area contributed by atoms with Gasteiger partial charge in [-0.3, -0.25) is 4.90 Å². The maximum atomic E-state index is 11.8. The fourth-order valence-electron chi connectivity index (χ4n) is 1.64. The van der Waals surface area contributed by atoms with Gasteiger partial charge in [-0.2, -0.15) is 9.57 Å². The number of hydrogen-bond acceptors (Lipinski definition) is 5. The molecule has 0 aromatic heterocycles. The van der Waals surface area contributed by atoms with Crippen molar-refractivity contribution in [3.63, 3.8) is 0 Å². The van der Waals surface area contributed by atoms with Crippen LogP contribution in [0.25, 0.3) is 0 Å². The third-order valence-corrected chi connectivity index (χ3v) is 4.82. The number of nitriles is 1. The number of nitrogens with zero attached hydrogens (tertiary/aromatic N) is 3. The maximum Gasteiger partial charge on any atom is 0.230 e. The van der Waals surface area contributed by atoms with E-state index < -0.39 is 15.3 Å². The van der Waals surface area contributed by atoms with E-state index in [0.717, 1.165) is 0 Å². The molecule has 0 saturated carbocycles. The summed E-state index contributed by atoms with van der Waals surface area (Å²) < 4.78 is 25.0. The summed E-state index contributed by atoms with van der Waals surface area (Å²) in [6, 6.07) is 1.76. The third kappa shape index (κ3) is 2.92. The molecule has 6 nitrogen and oxygen atoms in total. The summed E-state index contributed by atoms with van der Waals surface area (Å²) >= 11 is 0. The Hall–Kier alpha value is -0.680. The first-order valence-electron chi connectivity index (χ1n) is 5.24. The van der Waals surface area contributed by atoms with Crippen LogP contribution in [-0.4, -0.2) is 67.3 Å². The zero-order valence-electron chi connectivity index (χ0n) is 9.33. The van der Waals surface area contributed by atoms with Gasteiger partial charge < -0.3 is 5.11 Å². The van der Waals surface area contributed by atoms with Gasteiger partial charge >= 0.3 is 0 Å². The first kappa shape index (κ1) is 13.4. The molecule has 0 amide bonds. The second kappa shape index (κ2) is 5.59. The van der Waals surface area contributed by atoms with E-state index in [1.807, 2.05) is 4.90 Å². The van der Waals surface area contributed by atoms with E-state index >= 15 is 0 Å². The Kier molecular flexibility index (Phi) is 4.68. The van der Waals surface area contributed by atoms with Gasteiger partial charge in [-0.25, -0.2) is 8.42 Å². The molecule has 0 radical (unpaired) electrons. The van der Waals surface area contributed by atoms with Crippen LogP contribution in [-0.2, 0) is 10.0 Å². The molecule has 1 atom stereocenters. The summed E-state index contributed by atoms with van der Waals surface area (Å²) in [7, 11) is -3.47. The van der Waals surface area contributed by atoms with E-state index in [9.17, 15) is 8.42 Å². The largest absolute Gasteiger partial charge is 0.395 e. The number of hydrogen-bond donors (Lipinski definition) is 1. The van der Waals surface area contributed by atoms with Crippen molar-refractivity contribution in [2.45, 2.75) is 12.2 Å². The second-order valence-electron chi connectivity index (χ2n) is 3.78. The summed E-state index contributed by atoms with van der Waals surface area (Å²) in [4.78, 5) is 2.00. The van der Waals surface area contributed by atoms with Gasteiger partial charge in [-0.05, 0) is 6.92 Å². The van der Waals surface area contributed by atoms with Crippen molar-refractivity contribution < 1.29 is 13.5 Å². The van der Waals surface area contributed by atoms with E-state index in [0.29, 0.717) is 32.7 Å². The summed E-state index contributed by atoms with van der Waals surface area (Å²) in [5.41, 5.74) is 0. The van der Waals surface area contributed by atoms with Crippen LogP contribution in [0.4, 0.5) is 0 Å². The predicted octanol–water partition coefficient (Wildman–Crippen LogP) is -1.16. The molecule has 92 valence electrons. The molecule has 1 unspecified atom stereocenters. The van der Waals surface area contributed by atoms with Crippen LogP contribution in [0, 0.1) is 11.3 Å². The standard InChI is InChI=1S/C9H17N3O3S/c1-9(8-10)16(14,15)12-4-2-11(3-5-12)6-7-13/h9,13H,2-7H2,1H3. The minimum atomic E-state index is -3.47. The van der Waals surface area contributed by atoms with Crippen molar-refractivity contribution in [2.24, 2.45) is 0 Å². The highest BCUT2D eigenvalue weighted by Crippen LogP contribution is 2.11. The fourth-order valence-corrected chi connectivity index (χ4v) is 2.89. The van der Waals surface area contributed by atoms with Gasteiger partial charge in [0, 0.05) is 32.7 Å². The monoisotopic (exact) mass is 247 g/mol. The molecule has 1 rings (SSSR count). The summed E-state index contributed by atoms with van der Waals surface area (Å²) in [5.74, 6) is 0. The molecule has 0 aromatic carbocycles. The van der Waals surface area contributed by atoms with Crippen LogP contribution in [0.1, 0.15) is 6.92 Å². The normalized spacial score (nSPS) is 21.6. The molecule has 1 aliphatic heterocycles. The number of aliphatic hydroxyl groups excluding tert-OH is 1. The average Bonchev–Trinajstić information content (AvgIpc) is 2.29. The molecule has 0 bridgehead atoms. The van der Waals surface area contributed by atoms with Crippen molar-refractivity contribution in [3.05, 3.63) is 0 Å². The molecule has 7 heteroatoms. The molecule has 1 fully saturated rings. The van der Waals surface area contributed by atoms with E-state index in [2.05, 4.69) is 0 Å². The topological polar surface area (TPSA) is 84.6 Å². The molecule has 1 saturated heterocycles. The molecular formula is C9H17N3O3S. The zero-order valence-corrected chi connectivity index (χ0v) is 10.2. The van der Waals surface area contributed by atoms with E-state index in [1.165, 1.54) is 11.2 Å². The molecule has 1 aliphatic rings. The quantitative estimate of drug-likeness (QED) is 0.677. The van der Waals surface area contributed by atoms with E-state index in [1.54, 1.807) is 6.07 Å². The van der Waals surface area contributed by atoms with Crippen molar-refractivity contribution in [3.8, 4) is 6.07 Å². The lowest BCUT2D eigenvalue weighted by Gasteiger charge is -2.33. The number of β-amino-alcohol motifs (C(OH)–C–C–N with tert-alkyl or cyclic N) is 1. The van der Waals surface area contributed by atoms with Crippen LogP contribution < -0.4 is 0 Å². The number of sulfonamides is 1. The van der Waals surface area contributed by atoms with Crippen molar-refractivity contribution >= 4 is 10.0 Å². The Morgan fingerprint density at radius 3 is 2.38 bits per heavy atom. The Labute approximate surface area is 96.1 Å². The number of piperazine rings is 1. The number of aliphatic hydroxyl groups is 1. The van der Waals surface area contributed by atoms with Crippen LogP contribution in [0.5, 0.6) is 0 Å². The Bertz CT molecular complexity index is 355. The first-order chi connectivity index (χ1) is 7.52. The molecule has 1 N–H and O–H groups in total. The molecule has 0 spiro atoms. The Morgan fingerprint density at radius 1 is 1.38 bits per heavy atom. The average molecular weight is 247 g/mol. The highest BCUT2D eigenvalue weighted by atomic mass is 32.2. The smallest absolute Gasteiger partial charge is 0.230 e. The Morgan fingerprint density at radius 2 is 1.94 bits per heavy atom. The van der Waals surface area contributed by atoms with Gasteiger partial charge in [-0.15, -0.1) is 0 Å². The van der Waals surface area contributed by atoms with Crippen molar-refractivity contribution in [2.75, 3.05) is 39.3 Å². The molecule has 0 aliphatic carbocycles. The van der Waals surface area contributed by atoms with Gasteiger partial charge in [0.25, 0.3) is 0 Å². The maximum absolute atomic E-state index is 11.8. The van der Waals surface area contributed by atoms with Crippen molar-refractivity contribution in [1.82, 2.24) is 9.21 Å². The van der Waals surface area contributed by atoms with Crippen LogP contribution in [0.3, 0.4) is 0 Å². The van der Waals surface area contributed by atoms with Crippen LogP contribution in [0.2, 0.25) is 0 Å². The highest BCUT2D eigenvalue weighted by Gasteiger charge is 2.31. The van der Waals surface area contributed by atoms with Crippen molar-refractivity contribution in [1.29, 1.82) is 5.26 Å². The fraction of sp³-hybridized carbons (Fsp3) is 0.889. The lowest BCUT2D eigenvalue weighted by molar-refractivity contribution is 0.151. The minimum absolute atomic E-state index is 0.0847. The van der Waals surface area contributed by atoms with Gasteiger partial charge in [0.05, 0.1) is 12.7 Å². The molecular weight excluding hydrogens is 230 g/mol. The first-order valence-corrected chi connectivity index (χ1v) is 6.74. The lowest BCUT2D eigenvalue weighted by atomic mass is 10.4. The van der Waals surface area contributed by atoms with Crippen LogP contribution >= 0.6 is 0 Å². The van der Waals surface area contributed by atoms with Crippen LogP contribution in [0.15, 0.2) is 0 Å². The molecule has 16 heavy (non-hydrogen) atoms. The van der Waals surface area contributed by atoms with E-state index in [4.69, 9.17) is 10.4 Å². The van der Waals surface area contributed by atoms with E-state index in [-0.39, 0.29) is 6.61 Å². The van der Waals surface area contributed by atoms with Gasteiger partial charge in [-0.1, -0.05) is 0 Å². The van der Waals surface area contributed by atoms with Gasteiger partial charge in [0.15, 0.2) is 5.25 Å². The van der Waals surface area contributed by atoms with Gasteiger partial charge in [0.2, 0.25) is 10.0 Å². The highest BCUT2D eigenvalue weighted by molar-refractivity contribution is 7.89. The lowest BCUT2D eigenvalue weighted by Crippen LogP contribution is -2.51. The summed E-state index contributed by atoms with van der Waals surface area (Å²) in [6.45, 7) is 4.07. The minimum Gasteiger partial charge on any atom is -0.395 e. The molecule has 0 aromatic rings. The zero-order chi connectivity index (χ0) is 12.2. The Balaban J connectivity index is 2.58. The SMILES string of the molecule is CC(C#N)S(=O)(=O)N1CCN(CCO)CC1. The predicted molar refractivity (Wildman–Crippen MR) is 59.1 cm³/mol. The second-order valence-corrected chi connectivity index (χ2v) is 6.03. The van der Waals surface area contributed by atoms with Gasteiger partial charge in [0.1, 0.15) is 0 Å². The third-order valence-electron chi connectivity index (χ3n) is 2.74. The summed E-state index contributed by atoms with van der Waals surface area (Å²) in [6.07, 6.45) is 0. The molecule has 1 heterocycles.